The molecule has 0 atom stereocenters. The molecule has 1 aliphatic rings. The minimum Gasteiger partial charge on any atom is -0.490 e. The molecule has 5 nitrogen and oxygen atoms in total. The largest absolute Gasteiger partial charge is 0.490 e. The van der Waals surface area contributed by atoms with Crippen molar-refractivity contribution in [3.63, 3.8) is 0 Å². The lowest BCUT2D eigenvalue weighted by atomic mass is 10.1. The highest BCUT2D eigenvalue weighted by Crippen LogP contribution is 2.36. The Morgan fingerprint density at radius 3 is 2.62 bits per heavy atom. The van der Waals surface area contributed by atoms with Crippen LogP contribution in [0.15, 0.2) is 6.33 Å². The van der Waals surface area contributed by atoms with E-state index < -0.39 is 0 Å². The SMILES string of the molecule is CCNc1ncnc(N(CC(C)C)C2CCCC2)c1OC. The molecule has 0 aliphatic heterocycles. The number of methoxy groups -OCH3 is 1. The lowest BCUT2D eigenvalue weighted by molar-refractivity contribution is 0.407. The number of anilines is 2. The van der Waals surface area contributed by atoms with Crippen molar-refractivity contribution in [2.45, 2.75) is 52.5 Å². The summed E-state index contributed by atoms with van der Waals surface area (Å²) in [6, 6.07) is 0.575. The summed E-state index contributed by atoms with van der Waals surface area (Å²) >= 11 is 0. The van der Waals surface area contributed by atoms with Gasteiger partial charge in [0, 0.05) is 19.1 Å². The highest BCUT2D eigenvalue weighted by molar-refractivity contribution is 5.65. The van der Waals surface area contributed by atoms with Crippen LogP contribution in [-0.4, -0.2) is 36.2 Å². The number of hydrogen-bond acceptors (Lipinski definition) is 5. The van der Waals surface area contributed by atoms with Crippen LogP contribution in [0.1, 0.15) is 46.5 Å². The van der Waals surface area contributed by atoms with Crippen molar-refractivity contribution in [2.75, 3.05) is 30.4 Å². The van der Waals surface area contributed by atoms with Crippen molar-refractivity contribution in [3.8, 4) is 5.75 Å². The topological polar surface area (TPSA) is 50.3 Å². The molecule has 1 aromatic heterocycles. The van der Waals surface area contributed by atoms with Crippen LogP contribution in [0.2, 0.25) is 0 Å². The molecule has 21 heavy (non-hydrogen) atoms. The third-order valence-corrected chi connectivity index (χ3v) is 3.93. The van der Waals surface area contributed by atoms with E-state index >= 15 is 0 Å². The van der Waals surface area contributed by atoms with Gasteiger partial charge in [-0.25, -0.2) is 9.97 Å². The lowest BCUT2D eigenvalue weighted by Crippen LogP contribution is -2.37. The summed E-state index contributed by atoms with van der Waals surface area (Å²) in [5, 5.41) is 3.26. The van der Waals surface area contributed by atoms with Gasteiger partial charge in [-0.05, 0) is 25.7 Å². The normalized spacial score (nSPS) is 15.5. The van der Waals surface area contributed by atoms with Gasteiger partial charge in [-0.1, -0.05) is 26.7 Å². The summed E-state index contributed by atoms with van der Waals surface area (Å²) in [7, 11) is 1.70. The first-order valence-corrected chi connectivity index (χ1v) is 8.06. The minimum absolute atomic E-state index is 0.575. The van der Waals surface area contributed by atoms with Crippen LogP contribution >= 0.6 is 0 Å². The van der Waals surface area contributed by atoms with Crippen LogP contribution in [0, 0.1) is 5.92 Å². The van der Waals surface area contributed by atoms with Crippen LogP contribution < -0.4 is 15.0 Å². The molecule has 1 aromatic rings. The van der Waals surface area contributed by atoms with Gasteiger partial charge < -0.3 is 15.0 Å². The van der Waals surface area contributed by atoms with Crippen molar-refractivity contribution in [1.29, 1.82) is 0 Å². The van der Waals surface area contributed by atoms with Crippen molar-refractivity contribution >= 4 is 11.6 Å². The first-order chi connectivity index (χ1) is 10.2. The zero-order chi connectivity index (χ0) is 15.2. The van der Waals surface area contributed by atoms with Crippen LogP contribution in [0.3, 0.4) is 0 Å². The zero-order valence-electron chi connectivity index (χ0n) is 13.7. The summed E-state index contributed by atoms with van der Waals surface area (Å²) in [5.74, 6) is 3.08. The van der Waals surface area contributed by atoms with E-state index in [0.717, 1.165) is 30.5 Å². The predicted octanol–water partition coefficient (Wildman–Crippen LogP) is 3.32. The zero-order valence-corrected chi connectivity index (χ0v) is 13.7. The average Bonchev–Trinajstić information content (AvgIpc) is 2.98. The third kappa shape index (κ3) is 3.77. The molecule has 0 spiro atoms. The van der Waals surface area contributed by atoms with E-state index in [1.54, 1.807) is 13.4 Å². The monoisotopic (exact) mass is 292 g/mol. The van der Waals surface area contributed by atoms with Gasteiger partial charge in [0.1, 0.15) is 6.33 Å². The van der Waals surface area contributed by atoms with Gasteiger partial charge in [0.2, 0.25) is 5.75 Å². The first-order valence-electron chi connectivity index (χ1n) is 8.06. The average molecular weight is 292 g/mol. The number of aromatic nitrogens is 2. The summed E-state index contributed by atoms with van der Waals surface area (Å²) in [5.41, 5.74) is 0. The van der Waals surface area contributed by atoms with Crippen molar-refractivity contribution in [1.82, 2.24) is 9.97 Å². The van der Waals surface area contributed by atoms with Crippen LogP contribution in [0.5, 0.6) is 5.75 Å². The number of nitrogens with one attached hydrogen (secondary N) is 1. The maximum Gasteiger partial charge on any atom is 0.204 e. The number of ether oxygens (including phenoxy) is 1. The second-order valence-corrected chi connectivity index (χ2v) is 6.09. The smallest absolute Gasteiger partial charge is 0.204 e. The van der Waals surface area contributed by atoms with Gasteiger partial charge in [-0.2, -0.15) is 0 Å². The van der Waals surface area contributed by atoms with E-state index in [4.69, 9.17) is 4.74 Å². The van der Waals surface area contributed by atoms with E-state index in [1.165, 1.54) is 25.7 Å². The molecule has 1 N–H and O–H groups in total. The Labute approximate surface area is 128 Å². The Kier molecular flexibility index (Phi) is 5.65. The number of hydrogen-bond donors (Lipinski definition) is 1. The van der Waals surface area contributed by atoms with Crippen LogP contribution in [0.25, 0.3) is 0 Å². The fourth-order valence-corrected chi connectivity index (χ4v) is 3.07. The van der Waals surface area contributed by atoms with Gasteiger partial charge in [-0.15, -0.1) is 0 Å². The fourth-order valence-electron chi connectivity index (χ4n) is 3.07. The van der Waals surface area contributed by atoms with Crippen molar-refractivity contribution in [3.05, 3.63) is 6.33 Å². The van der Waals surface area contributed by atoms with Crippen LogP contribution in [-0.2, 0) is 0 Å². The Bertz CT molecular complexity index is 444. The molecule has 1 fully saturated rings. The number of rotatable bonds is 7. The molecule has 2 rings (SSSR count). The molecule has 0 unspecified atom stereocenters. The van der Waals surface area contributed by atoms with E-state index in [0.29, 0.717) is 12.0 Å². The quantitative estimate of drug-likeness (QED) is 0.835. The summed E-state index contributed by atoms with van der Waals surface area (Å²) < 4.78 is 5.62. The molecule has 1 saturated carbocycles. The second-order valence-electron chi connectivity index (χ2n) is 6.09. The lowest BCUT2D eigenvalue weighted by Gasteiger charge is -2.32. The maximum atomic E-state index is 5.62. The van der Waals surface area contributed by atoms with Crippen molar-refractivity contribution in [2.24, 2.45) is 5.92 Å². The molecule has 0 aromatic carbocycles. The molecule has 0 bridgehead atoms. The van der Waals surface area contributed by atoms with Crippen LogP contribution in [0.4, 0.5) is 11.6 Å². The molecule has 0 radical (unpaired) electrons. The highest BCUT2D eigenvalue weighted by Gasteiger charge is 2.27. The molecule has 118 valence electrons. The second kappa shape index (κ2) is 7.48. The molecule has 5 heteroatoms. The summed E-state index contributed by atoms with van der Waals surface area (Å²) in [6.45, 7) is 8.38. The Balaban J connectivity index is 2.35. The standard InChI is InChI=1S/C16H28N4O/c1-5-17-15-14(21-4)16(19-11-18-15)20(10-12(2)3)13-8-6-7-9-13/h11-13H,5-10H2,1-4H3,(H,17,18,19). The first kappa shape index (κ1) is 15.9. The number of nitrogens with zero attached hydrogens (tertiary/aromatic N) is 3. The molecular formula is C16H28N4O. The summed E-state index contributed by atoms with van der Waals surface area (Å²) in [6.07, 6.45) is 6.75. The molecule has 1 aliphatic carbocycles. The van der Waals surface area contributed by atoms with Gasteiger partial charge >= 0.3 is 0 Å². The van der Waals surface area contributed by atoms with Gasteiger partial charge in [-0.3, -0.25) is 0 Å². The van der Waals surface area contributed by atoms with Gasteiger partial charge in [0.15, 0.2) is 11.6 Å². The van der Waals surface area contributed by atoms with Crippen molar-refractivity contribution < 1.29 is 4.74 Å². The van der Waals surface area contributed by atoms with E-state index in [-0.39, 0.29) is 0 Å². The van der Waals surface area contributed by atoms with Gasteiger partial charge in [0.25, 0.3) is 0 Å². The van der Waals surface area contributed by atoms with E-state index in [1.807, 2.05) is 0 Å². The van der Waals surface area contributed by atoms with E-state index in [9.17, 15) is 0 Å². The van der Waals surface area contributed by atoms with E-state index in [2.05, 4.69) is 41.0 Å². The fraction of sp³-hybridized carbons (Fsp3) is 0.750. The Morgan fingerprint density at radius 1 is 1.33 bits per heavy atom. The van der Waals surface area contributed by atoms with Gasteiger partial charge in [0.05, 0.1) is 7.11 Å². The predicted molar refractivity (Wildman–Crippen MR) is 87.2 cm³/mol. The Morgan fingerprint density at radius 2 is 2.05 bits per heavy atom. The third-order valence-electron chi connectivity index (χ3n) is 3.93. The highest BCUT2D eigenvalue weighted by atomic mass is 16.5. The molecule has 1 heterocycles. The molecule has 0 amide bonds. The molecular weight excluding hydrogens is 264 g/mol. The Hall–Kier alpha value is -1.52. The molecule has 0 saturated heterocycles. The minimum atomic E-state index is 0.575. The summed E-state index contributed by atoms with van der Waals surface area (Å²) in [4.78, 5) is 11.3. The maximum absolute atomic E-state index is 5.62.